The summed E-state index contributed by atoms with van der Waals surface area (Å²) in [6, 6.07) is 0.204. The first kappa shape index (κ1) is 12.3. The van der Waals surface area contributed by atoms with E-state index < -0.39 is 9.84 Å². The number of hydrogen-bond acceptors (Lipinski definition) is 4. The maximum atomic E-state index is 11.3. The molecule has 0 radical (unpaired) electrons. The molecule has 5 heteroatoms. The van der Waals surface area contributed by atoms with Crippen LogP contribution in [0, 0.1) is 0 Å². The second-order valence-corrected chi connectivity index (χ2v) is 6.97. The zero-order chi connectivity index (χ0) is 10.4. The molecule has 1 heterocycles. The zero-order valence-corrected chi connectivity index (χ0v) is 10.3. The molecule has 3 nitrogen and oxygen atoms in total. The number of sulfone groups is 1. The molecule has 1 saturated heterocycles. The Balaban J connectivity index is 2.18. The summed E-state index contributed by atoms with van der Waals surface area (Å²) < 4.78 is 22.6. The molecule has 0 aromatic rings. The Morgan fingerprint density at radius 1 is 1.50 bits per heavy atom. The van der Waals surface area contributed by atoms with Crippen molar-refractivity contribution in [2.24, 2.45) is 0 Å². The third kappa shape index (κ3) is 4.66. The molecule has 0 saturated carbocycles. The summed E-state index contributed by atoms with van der Waals surface area (Å²) in [6.07, 6.45) is 5.05. The smallest absolute Gasteiger partial charge is 0.151 e. The van der Waals surface area contributed by atoms with Crippen molar-refractivity contribution in [3.05, 3.63) is 0 Å². The summed E-state index contributed by atoms with van der Waals surface area (Å²) in [5, 5.41) is 3.32. The lowest BCUT2D eigenvalue weighted by Gasteiger charge is -2.22. The number of thioether (sulfide) groups is 1. The Morgan fingerprint density at radius 2 is 2.29 bits per heavy atom. The molecule has 84 valence electrons. The molecule has 1 aliphatic heterocycles. The standard InChI is InChI=1S/C9H19NO2S2/c1-13-6-3-5-10-9-4-2-7-14(11,12)8-9/h9-10H,2-8H2,1H3. The molecule has 1 atom stereocenters. The summed E-state index contributed by atoms with van der Waals surface area (Å²) in [5.74, 6) is 1.87. The van der Waals surface area contributed by atoms with E-state index in [0.29, 0.717) is 11.5 Å². The molecule has 1 N–H and O–H groups in total. The van der Waals surface area contributed by atoms with Crippen molar-refractivity contribution in [1.29, 1.82) is 0 Å². The predicted octanol–water partition coefficient (Wildman–Crippen LogP) is 0.906. The number of hydrogen-bond donors (Lipinski definition) is 1. The molecule has 1 fully saturated rings. The lowest BCUT2D eigenvalue weighted by atomic mass is 10.2. The quantitative estimate of drug-likeness (QED) is 0.722. The van der Waals surface area contributed by atoms with Gasteiger partial charge in [0.15, 0.2) is 9.84 Å². The monoisotopic (exact) mass is 237 g/mol. The average molecular weight is 237 g/mol. The highest BCUT2D eigenvalue weighted by Gasteiger charge is 2.23. The van der Waals surface area contributed by atoms with Crippen LogP contribution in [0.5, 0.6) is 0 Å². The second kappa shape index (κ2) is 5.98. The molecule has 14 heavy (non-hydrogen) atoms. The van der Waals surface area contributed by atoms with Gasteiger partial charge < -0.3 is 5.32 Å². The van der Waals surface area contributed by atoms with Crippen LogP contribution in [0.25, 0.3) is 0 Å². The van der Waals surface area contributed by atoms with Crippen LogP contribution in [-0.2, 0) is 9.84 Å². The molecular weight excluding hydrogens is 218 g/mol. The highest BCUT2D eigenvalue weighted by molar-refractivity contribution is 7.98. The first-order chi connectivity index (χ1) is 6.64. The van der Waals surface area contributed by atoms with Crippen LogP contribution in [0.4, 0.5) is 0 Å². The Hall–Kier alpha value is 0.260. The molecule has 0 aromatic heterocycles. The fourth-order valence-electron chi connectivity index (χ4n) is 1.71. The molecule has 0 bridgehead atoms. The number of nitrogens with one attached hydrogen (secondary N) is 1. The Labute approximate surface area is 91.0 Å². The van der Waals surface area contributed by atoms with Gasteiger partial charge >= 0.3 is 0 Å². The summed E-state index contributed by atoms with van der Waals surface area (Å²) in [6.45, 7) is 0.945. The SMILES string of the molecule is CSCCCNC1CCCS(=O)(=O)C1. The minimum absolute atomic E-state index is 0.204. The van der Waals surface area contributed by atoms with Crippen LogP contribution in [-0.4, -0.2) is 44.5 Å². The van der Waals surface area contributed by atoms with Gasteiger partial charge in [-0.15, -0.1) is 0 Å². The van der Waals surface area contributed by atoms with Gasteiger partial charge in [0.25, 0.3) is 0 Å². The van der Waals surface area contributed by atoms with E-state index in [4.69, 9.17) is 0 Å². The van der Waals surface area contributed by atoms with Crippen molar-refractivity contribution in [1.82, 2.24) is 5.32 Å². The van der Waals surface area contributed by atoms with Gasteiger partial charge in [0.2, 0.25) is 0 Å². The van der Waals surface area contributed by atoms with Crippen LogP contribution >= 0.6 is 11.8 Å². The van der Waals surface area contributed by atoms with Gasteiger partial charge in [0.1, 0.15) is 0 Å². The van der Waals surface area contributed by atoms with Crippen molar-refractivity contribution < 1.29 is 8.42 Å². The van der Waals surface area contributed by atoms with Crippen LogP contribution in [0.15, 0.2) is 0 Å². The topological polar surface area (TPSA) is 46.2 Å². The molecule has 1 aliphatic rings. The molecule has 1 rings (SSSR count). The van der Waals surface area contributed by atoms with Crippen molar-refractivity contribution in [3.8, 4) is 0 Å². The Kier molecular flexibility index (Phi) is 5.26. The van der Waals surface area contributed by atoms with E-state index in [1.54, 1.807) is 0 Å². The molecule has 1 unspecified atom stereocenters. The van der Waals surface area contributed by atoms with Gasteiger partial charge in [-0.3, -0.25) is 0 Å². The van der Waals surface area contributed by atoms with Gasteiger partial charge in [-0.2, -0.15) is 11.8 Å². The minimum atomic E-state index is -2.74. The molecule has 0 amide bonds. The maximum absolute atomic E-state index is 11.3. The Bertz CT molecular complexity index is 252. The maximum Gasteiger partial charge on any atom is 0.151 e. The highest BCUT2D eigenvalue weighted by Crippen LogP contribution is 2.11. The van der Waals surface area contributed by atoms with Crippen LogP contribution in [0.2, 0.25) is 0 Å². The van der Waals surface area contributed by atoms with Crippen LogP contribution in [0.3, 0.4) is 0 Å². The molecule has 0 aliphatic carbocycles. The van der Waals surface area contributed by atoms with Gasteiger partial charge in [-0.05, 0) is 37.8 Å². The number of rotatable bonds is 5. The van der Waals surface area contributed by atoms with Gasteiger partial charge in [0, 0.05) is 6.04 Å². The van der Waals surface area contributed by atoms with E-state index in [1.807, 2.05) is 11.8 Å². The lowest BCUT2D eigenvalue weighted by Crippen LogP contribution is -2.40. The van der Waals surface area contributed by atoms with E-state index in [2.05, 4.69) is 11.6 Å². The first-order valence-electron chi connectivity index (χ1n) is 5.07. The zero-order valence-electron chi connectivity index (χ0n) is 8.66. The van der Waals surface area contributed by atoms with Crippen LogP contribution < -0.4 is 5.32 Å². The third-order valence-electron chi connectivity index (χ3n) is 2.42. The van der Waals surface area contributed by atoms with Crippen molar-refractivity contribution in [2.45, 2.75) is 25.3 Å². The summed E-state index contributed by atoms with van der Waals surface area (Å²) in [5.41, 5.74) is 0. The molecular formula is C9H19NO2S2. The van der Waals surface area contributed by atoms with Gasteiger partial charge in [0.05, 0.1) is 11.5 Å². The third-order valence-corrected chi connectivity index (χ3v) is 4.94. The highest BCUT2D eigenvalue weighted by atomic mass is 32.2. The minimum Gasteiger partial charge on any atom is -0.313 e. The van der Waals surface area contributed by atoms with E-state index in [0.717, 1.165) is 31.6 Å². The molecule has 0 spiro atoms. The van der Waals surface area contributed by atoms with Gasteiger partial charge in [-0.1, -0.05) is 0 Å². The van der Waals surface area contributed by atoms with Crippen molar-refractivity contribution in [2.75, 3.05) is 30.1 Å². The van der Waals surface area contributed by atoms with E-state index in [9.17, 15) is 8.42 Å². The second-order valence-electron chi connectivity index (χ2n) is 3.75. The van der Waals surface area contributed by atoms with E-state index >= 15 is 0 Å². The lowest BCUT2D eigenvalue weighted by molar-refractivity contribution is 0.481. The fourth-order valence-corrected chi connectivity index (χ4v) is 3.81. The molecule has 0 aromatic carbocycles. The average Bonchev–Trinajstić information content (AvgIpc) is 2.11. The first-order valence-corrected chi connectivity index (χ1v) is 8.28. The summed E-state index contributed by atoms with van der Waals surface area (Å²) >= 11 is 1.83. The summed E-state index contributed by atoms with van der Waals surface area (Å²) in [7, 11) is -2.74. The summed E-state index contributed by atoms with van der Waals surface area (Å²) in [4.78, 5) is 0. The normalized spacial score (nSPS) is 26.2. The fraction of sp³-hybridized carbons (Fsp3) is 1.00. The predicted molar refractivity (Wildman–Crippen MR) is 62.7 cm³/mol. The van der Waals surface area contributed by atoms with E-state index in [-0.39, 0.29) is 6.04 Å². The van der Waals surface area contributed by atoms with Crippen molar-refractivity contribution in [3.63, 3.8) is 0 Å². The van der Waals surface area contributed by atoms with E-state index in [1.165, 1.54) is 0 Å². The largest absolute Gasteiger partial charge is 0.313 e. The van der Waals surface area contributed by atoms with Gasteiger partial charge in [-0.25, -0.2) is 8.42 Å². The van der Waals surface area contributed by atoms with Crippen molar-refractivity contribution >= 4 is 21.6 Å². The Morgan fingerprint density at radius 3 is 2.93 bits per heavy atom. The van der Waals surface area contributed by atoms with Crippen LogP contribution in [0.1, 0.15) is 19.3 Å².